The van der Waals surface area contributed by atoms with Crippen LogP contribution in [0.15, 0.2) is 24.3 Å². The molecule has 0 saturated heterocycles. The summed E-state index contributed by atoms with van der Waals surface area (Å²) in [5.74, 6) is 0.597. The summed E-state index contributed by atoms with van der Waals surface area (Å²) in [6.45, 7) is 4.80. The lowest BCUT2D eigenvalue weighted by Crippen LogP contribution is -2.29. The zero-order valence-electron chi connectivity index (χ0n) is 11.1. The number of hydrogen-bond acceptors (Lipinski definition) is 3. The third-order valence-electron chi connectivity index (χ3n) is 2.69. The average molecular weight is 250 g/mol. The highest BCUT2D eigenvalue weighted by atomic mass is 16.5. The fourth-order valence-corrected chi connectivity index (χ4v) is 1.51. The number of rotatable bonds is 7. The third kappa shape index (κ3) is 4.75. The van der Waals surface area contributed by atoms with Gasteiger partial charge in [-0.2, -0.15) is 0 Å². The zero-order chi connectivity index (χ0) is 13.4. The van der Waals surface area contributed by atoms with Crippen molar-refractivity contribution in [2.45, 2.75) is 32.7 Å². The van der Waals surface area contributed by atoms with Gasteiger partial charge in [0.25, 0.3) is 5.91 Å². The van der Waals surface area contributed by atoms with Gasteiger partial charge < -0.3 is 15.8 Å². The van der Waals surface area contributed by atoms with Crippen LogP contribution in [0.5, 0.6) is 5.75 Å². The number of amides is 1. The first-order chi connectivity index (χ1) is 8.67. The van der Waals surface area contributed by atoms with E-state index in [1.165, 1.54) is 0 Å². The summed E-state index contributed by atoms with van der Waals surface area (Å²) < 4.78 is 5.38. The van der Waals surface area contributed by atoms with Crippen LogP contribution in [0.1, 0.15) is 38.3 Å². The van der Waals surface area contributed by atoms with Gasteiger partial charge in [0, 0.05) is 12.6 Å². The van der Waals surface area contributed by atoms with Crippen molar-refractivity contribution in [1.82, 2.24) is 5.32 Å². The van der Waals surface area contributed by atoms with Gasteiger partial charge in [-0.15, -0.1) is 0 Å². The molecule has 0 aliphatic heterocycles. The van der Waals surface area contributed by atoms with Crippen LogP contribution < -0.4 is 15.8 Å². The molecule has 0 aliphatic rings. The first-order valence-corrected chi connectivity index (χ1v) is 6.42. The second-order valence-electron chi connectivity index (χ2n) is 4.22. The van der Waals surface area contributed by atoms with Gasteiger partial charge in [0.15, 0.2) is 6.61 Å². The van der Waals surface area contributed by atoms with Crippen molar-refractivity contribution in [3.05, 3.63) is 29.8 Å². The minimum atomic E-state index is -0.0915. The van der Waals surface area contributed by atoms with Crippen molar-refractivity contribution in [2.75, 3.05) is 13.2 Å². The van der Waals surface area contributed by atoms with Crippen LogP contribution in [-0.4, -0.2) is 19.1 Å². The normalized spacial score (nSPS) is 11.9. The lowest BCUT2D eigenvalue weighted by molar-refractivity contribution is -0.123. The van der Waals surface area contributed by atoms with E-state index in [2.05, 4.69) is 5.32 Å². The molecule has 4 nitrogen and oxygen atoms in total. The second-order valence-corrected chi connectivity index (χ2v) is 4.22. The highest BCUT2D eigenvalue weighted by Crippen LogP contribution is 2.18. The van der Waals surface area contributed by atoms with Gasteiger partial charge in [-0.25, -0.2) is 0 Å². The summed E-state index contributed by atoms with van der Waals surface area (Å²) >= 11 is 0. The van der Waals surface area contributed by atoms with E-state index < -0.39 is 0 Å². The molecule has 1 rings (SSSR count). The Bertz CT molecular complexity index is 363. The van der Waals surface area contributed by atoms with Gasteiger partial charge in [0.2, 0.25) is 0 Å². The Hall–Kier alpha value is -1.55. The van der Waals surface area contributed by atoms with Crippen LogP contribution in [0.2, 0.25) is 0 Å². The summed E-state index contributed by atoms with van der Waals surface area (Å²) in [5.41, 5.74) is 7.00. The fourth-order valence-electron chi connectivity index (χ4n) is 1.51. The Morgan fingerprint density at radius 2 is 2.00 bits per heavy atom. The molecular weight excluding hydrogens is 228 g/mol. The highest BCUT2D eigenvalue weighted by Gasteiger charge is 2.04. The van der Waals surface area contributed by atoms with Crippen LogP contribution in [0, 0.1) is 0 Å². The summed E-state index contributed by atoms with van der Waals surface area (Å²) in [6.07, 6.45) is 1.83. The van der Waals surface area contributed by atoms with Crippen molar-refractivity contribution >= 4 is 5.91 Å². The summed E-state index contributed by atoms with van der Waals surface area (Å²) in [7, 11) is 0. The second kappa shape index (κ2) is 7.71. The Balaban J connectivity index is 2.41. The standard InChI is InChI=1S/C14H22N2O2/c1-3-9-16-14(17)10-18-12-7-5-11(6-8-12)13(15)4-2/h5-8,13H,3-4,9-10,15H2,1-2H3,(H,16,17). The first kappa shape index (κ1) is 14.5. The molecule has 1 unspecified atom stereocenters. The van der Waals surface area contributed by atoms with Crippen LogP contribution in [0.4, 0.5) is 0 Å². The highest BCUT2D eigenvalue weighted by molar-refractivity contribution is 5.77. The molecule has 1 atom stereocenters. The summed E-state index contributed by atoms with van der Waals surface area (Å²) in [4.78, 5) is 11.3. The van der Waals surface area contributed by atoms with Gasteiger partial charge in [-0.1, -0.05) is 26.0 Å². The van der Waals surface area contributed by atoms with E-state index in [0.717, 1.165) is 18.4 Å². The number of carbonyl (C=O) groups is 1. The van der Waals surface area contributed by atoms with Crippen LogP contribution >= 0.6 is 0 Å². The van der Waals surface area contributed by atoms with Crippen LogP contribution in [0.25, 0.3) is 0 Å². The fraction of sp³-hybridized carbons (Fsp3) is 0.500. The van der Waals surface area contributed by atoms with Crippen molar-refractivity contribution in [1.29, 1.82) is 0 Å². The zero-order valence-corrected chi connectivity index (χ0v) is 11.1. The molecule has 0 heterocycles. The number of hydrogen-bond donors (Lipinski definition) is 2. The number of nitrogens with one attached hydrogen (secondary N) is 1. The van der Waals surface area contributed by atoms with E-state index >= 15 is 0 Å². The quantitative estimate of drug-likeness (QED) is 0.778. The Kier molecular flexibility index (Phi) is 6.22. The van der Waals surface area contributed by atoms with E-state index in [4.69, 9.17) is 10.5 Å². The van der Waals surface area contributed by atoms with Gasteiger partial charge in [0.05, 0.1) is 0 Å². The van der Waals surface area contributed by atoms with Crippen LogP contribution in [-0.2, 0) is 4.79 Å². The van der Waals surface area contributed by atoms with Crippen molar-refractivity contribution in [3.63, 3.8) is 0 Å². The van der Waals surface area contributed by atoms with Gasteiger partial charge in [0.1, 0.15) is 5.75 Å². The maximum atomic E-state index is 11.3. The van der Waals surface area contributed by atoms with Gasteiger partial charge in [-0.05, 0) is 30.5 Å². The van der Waals surface area contributed by atoms with Crippen LogP contribution in [0.3, 0.4) is 0 Å². The van der Waals surface area contributed by atoms with E-state index in [0.29, 0.717) is 12.3 Å². The number of carbonyl (C=O) groups excluding carboxylic acids is 1. The molecule has 100 valence electrons. The minimum absolute atomic E-state index is 0.0547. The van der Waals surface area contributed by atoms with E-state index in [-0.39, 0.29) is 18.6 Å². The molecule has 18 heavy (non-hydrogen) atoms. The number of ether oxygens (including phenoxy) is 1. The maximum absolute atomic E-state index is 11.3. The predicted molar refractivity (Wildman–Crippen MR) is 72.5 cm³/mol. The Morgan fingerprint density at radius 1 is 1.33 bits per heavy atom. The molecule has 4 heteroatoms. The molecule has 1 aromatic rings. The largest absolute Gasteiger partial charge is 0.484 e. The monoisotopic (exact) mass is 250 g/mol. The molecule has 0 radical (unpaired) electrons. The predicted octanol–water partition coefficient (Wildman–Crippen LogP) is 2.00. The van der Waals surface area contributed by atoms with Gasteiger partial charge >= 0.3 is 0 Å². The molecule has 0 aromatic heterocycles. The van der Waals surface area contributed by atoms with Crippen molar-refractivity contribution in [3.8, 4) is 5.75 Å². The summed E-state index contributed by atoms with van der Waals surface area (Å²) in [6, 6.07) is 7.63. The maximum Gasteiger partial charge on any atom is 0.257 e. The molecular formula is C14H22N2O2. The minimum Gasteiger partial charge on any atom is -0.484 e. The molecule has 1 amide bonds. The lowest BCUT2D eigenvalue weighted by atomic mass is 10.1. The topological polar surface area (TPSA) is 64.3 Å². The molecule has 0 fully saturated rings. The molecule has 0 spiro atoms. The van der Waals surface area contributed by atoms with E-state index in [1.807, 2.05) is 38.1 Å². The SMILES string of the molecule is CCCNC(=O)COc1ccc(C(N)CC)cc1. The average Bonchev–Trinajstić information content (AvgIpc) is 2.42. The Morgan fingerprint density at radius 3 is 2.56 bits per heavy atom. The number of nitrogens with two attached hydrogens (primary N) is 1. The molecule has 0 saturated carbocycles. The van der Waals surface area contributed by atoms with E-state index in [9.17, 15) is 4.79 Å². The molecule has 3 N–H and O–H groups in total. The molecule has 0 aliphatic carbocycles. The molecule has 0 bridgehead atoms. The third-order valence-corrected chi connectivity index (χ3v) is 2.69. The van der Waals surface area contributed by atoms with Gasteiger partial charge in [-0.3, -0.25) is 4.79 Å². The Labute approximate surface area is 109 Å². The summed E-state index contributed by atoms with van der Waals surface area (Å²) in [5, 5.41) is 2.76. The molecule has 1 aromatic carbocycles. The van der Waals surface area contributed by atoms with Crippen molar-refractivity contribution in [2.24, 2.45) is 5.73 Å². The smallest absolute Gasteiger partial charge is 0.257 e. The van der Waals surface area contributed by atoms with E-state index in [1.54, 1.807) is 0 Å². The first-order valence-electron chi connectivity index (χ1n) is 6.42. The number of benzene rings is 1. The van der Waals surface area contributed by atoms with Crippen molar-refractivity contribution < 1.29 is 9.53 Å². The lowest BCUT2D eigenvalue weighted by Gasteiger charge is -2.10.